The van der Waals surface area contributed by atoms with Crippen molar-refractivity contribution in [2.24, 2.45) is 0 Å². The fraction of sp³-hybridized carbons (Fsp3) is 0.333. The van der Waals surface area contributed by atoms with Crippen molar-refractivity contribution in [3.05, 3.63) is 53.6 Å². The Morgan fingerprint density at radius 2 is 1.60 bits per heavy atom. The van der Waals surface area contributed by atoms with E-state index in [1.807, 2.05) is 16.7 Å². The lowest BCUT2D eigenvalue weighted by Gasteiger charge is -2.35. The zero-order valence-corrected chi connectivity index (χ0v) is 17.3. The van der Waals surface area contributed by atoms with Gasteiger partial charge in [0.2, 0.25) is 0 Å². The monoisotopic (exact) mass is 471 g/mol. The lowest BCUT2D eigenvalue weighted by Crippen LogP contribution is -2.44. The Bertz CT molecular complexity index is 1010. The van der Waals surface area contributed by atoms with Crippen LogP contribution in [0.5, 0.6) is 0 Å². The molecule has 1 aliphatic heterocycles. The Kier molecular flexibility index (Phi) is 7.20. The first-order valence-corrected chi connectivity index (χ1v) is 10.1. The summed E-state index contributed by atoms with van der Waals surface area (Å²) in [4.78, 5) is 2.77. The second kappa shape index (κ2) is 8.94. The zero-order valence-electron chi connectivity index (χ0n) is 15.7. The van der Waals surface area contributed by atoms with Crippen molar-refractivity contribution in [1.29, 1.82) is 0 Å². The van der Waals surface area contributed by atoms with E-state index in [0.29, 0.717) is 44.4 Å². The molecule has 1 heterocycles. The highest BCUT2D eigenvalue weighted by Crippen LogP contribution is 2.37. The lowest BCUT2D eigenvalue weighted by molar-refractivity contribution is -0.137. The molecule has 0 unspecified atom stereocenters. The molecule has 1 N–H and O–H groups in total. The smallest absolute Gasteiger partial charge is 0.367 e. The van der Waals surface area contributed by atoms with Crippen molar-refractivity contribution >= 4 is 33.8 Å². The number of sulfonamides is 1. The number of piperazine rings is 1. The first kappa shape index (κ1) is 24.2. The molecule has 0 amide bonds. The van der Waals surface area contributed by atoms with Crippen LogP contribution in [0, 0.1) is 11.6 Å². The van der Waals surface area contributed by atoms with E-state index < -0.39 is 38.3 Å². The molecule has 1 saturated heterocycles. The number of nitrogens with zero attached hydrogens (tertiary/aromatic N) is 2. The number of benzene rings is 2. The first-order chi connectivity index (χ1) is 13.5. The van der Waals surface area contributed by atoms with Gasteiger partial charge in [-0.25, -0.2) is 17.2 Å². The summed E-state index contributed by atoms with van der Waals surface area (Å²) in [5.74, 6) is -2.21. The van der Waals surface area contributed by atoms with Crippen molar-refractivity contribution in [3.8, 4) is 0 Å². The Morgan fingerprint density at radius 3 is 2.20 bits per heavy atom. The van der Waals surface area contributed by atoms with Gasteiger partial charge in [-0.3, -0.25) is 4.72 Å². The van der Waals surface area contributed by atoms with E-state index in [2.05, 4.69) is 0 Å². The molecule has 0 aliphatic carbocycles. The van der Waals surface area contributed by atoms with Gasteiger partial charge in [0.05, 0.1) is 16.9 Å². The molecule has 1 aliphatic rings. The quantitative estimate of drug-likeness (QED) is 0.686. The summed E-state index contributed by atoms with van der Waals surface area (Å²) in [6, 6.07) is 4.54. The second-order valence-corrected chi connectivity index (χ2v) is 8.35. The summed E-state index contributed by atoms with van der Waals surface area (Å²) in [6.07, 6.45) is -4.70. The molecule has 1 fully saturated rings. The summed E-state index contributed by atoms with van der Waals surface area (Å²) in [5, 5.41) is 0. The summed E-state index contributed by atoms with van der Waals surface area (Å²) < 4.78 is 94.0. The van der Waals surface area contributed by atoms with Crippen LogP contribution in [0.15, 0.2) is 41.3 Å². The van der Waals surface area contributed by atoms with Crippen LogP contribution >= 0.6 is 12.4 Å². The van der Waals surface area contributed by atoms with Gasteiger partial charge in [0.25, 0.3) is 10.0 Å². The van der Waals surface area contributed by atoms with E-state index >= 15 is 0 Å². The van der Waals surface area contributed by atoms with Crippen molar-refractivity contribution < 1.29 is 30.4 Å². The number of nitrogens with one attached hydrogen (secondary N) is 1. The van der Waals surface area contributed by atoms with Crippen LogP contribution < -0.4 is 9.62 Å². The molecule has 0 saturated carbocycles. The van der Waals surface area contributed by atoms with Crippen LogP contribution in [0.4, 0.5) is 33.3 Å². The van der Waals surface area contributed by atoms with Crippen molar-refractivity contribution in [2.75, 3.05) is 42.8 Å². The Hall–Kier alpha value is -2.11. The largest absolute Gasteiger partial charge is 0.416 e. The molecule has 0 spiro atoms. The van der Waals surface area contributed by atoms with E-state index in [1.54, 1.807) is 4.90 Å². The molecule has 5 nitrogen and oxygen atoms in total. The third-order valence-corrected chi connectivity index (χ3v) is 5.98. The molecule has 0 bridgehead atoms. The Balaban J connectivity index is 0.00000320. The molecule has 2 aromatic rings. The fourth-order valence-corrected chi connectivity index (χ4v) is 4.16. The molecular weight excluding hydrogens is 453 g/mol. The third-order valence-electron chi connectivity index (χ3n) is 4.59. The van der Waals surface area contributed by atoms with E-state index in [0.717, 1.165) is 12.1 Å². The van der Waals surface area contributed by atoms with Crippen LogP contribution in [0.1, 0.15) is 5.56 Å². The highest BCUT2D eigenvalue weighted by molar-refractivity contribution is 7.92. The fourth-order valence-electron chi connectivity index (χ4n) is 3.00. The third kappa shape index (κ3) is 5.32. The standard InChI is InChI=1S/C18H18F5N3O2S.ClH/c1-25-6-8-26(9-7-25)16-5-2-12(18(21,22)23)10-15(16)24-29(27,28)17-11-13(19)3-4-14(17)20;/h2-5,10-11,24H,6-9H2,1H3;1H. The minimum absolute atomic E-state index is 0. The average molecular weight is 472 g/mol. The first-order valence-electron chi connectivity index (χ1n) is 8.60. The predicted molar refractivity (Wildman–Crippen MR) is 106 cm³/mol. The van der Waals surface area contributed by atoms with Gasteiger partial charge in [-0.2, -0.15) is 13.2 Å². The molecule has 2 aromatic carbocycles. The van der Waals surface area contributed by atoms with Gasteiger partial charge < -0.3 is 9.80 Å². The summed E-state index contributed by atoms with van der Waals surface area (Å²) in [6.45, 7) is 2.19. The SMILES string of the molecule is CN1CCN(c2ccc(C(F)(F)F)cc2NS(=O)(=O)c2cc(F)ccc2F)CC1.Cl. The molecule has 12 heteroatoms. The topological polar surface area (TPSA) is 52.6 Å². The summed E-state index contributed by atoms with van der Waals surface area (Å²) in [7, 11) is -2.78. The molecule has 30 heavy (non-hydrogen) atoms. The van der Waals surface area contributed by atoms with Crippen LogP contribution in [-0.4, -0.2) is 46.5 Å². The minimum atomic E-state index is -4.70. The van der Waals surface area contributed by atoms with Crippen molar-refractivity contribution in [1.82, 2.24) is 4.90 Å². The predicted octanol–water partition coefficient (Wildman–Crippen LogP) is 3.96. The highest BCUT2D eigenvalue weighted by Gasteiger charge is 2.33. The molecule has 0 radical (unpaired) electrons. The molecular formula is C18H19ClF5N3O2S. The second-order valence-electron chi connectivity index (χ2n) is 6.70. The maximum Gasteiger partial charge on any atom is 0.416 e. The Labute approximate surface area is 176 Å². The van der Waals surface area contributed by atoms with Gasteiger partial charge in [-0.05, 0) is 43.4 Å². The minimum Gasteiger partial charge on any atom is -0.367 e. The average Bonchev–Trinajstić information content (AvgIpc) is 2.63. The number of hydrogen-bond donors (Lipinski definition) is 1. The number of hydrogen-bond acceptors (Lipinski definition) is 4. The van der Waals surface area contributed by atoms with Gasteiger partial charge in [0.1, 0.15) is 16.5 Å². The number of likely N-dealkylation sites (N-methyl/N-ethyl adjacent to an activating group) is 1. The molecule has 0 aromatic heterocycles. The molecule has 0 atom stereocenters. The van der Waals surface area contributed by atoms with Gasteiger partial charge in [-0.15, -0.1) is 12.4 Å². The van der Waals surface area contributed by atoms with Crippen molar-refractivity contribution in [3.63, 3.8) is 0 Å². The molecule has 3 rings (SSSR count). The maximum absolute atomic E-state index is 14.0. The van der Waals surface area contributed by atoms with Gasteiger partial charge in [-0.1, -0.05) is 0 Å². The van der Waals surface area contributed by atoms with Crippen LogP contribution in [-0.2, 0) is 16.2 Å². The number of rotatable bonds is 4. The van der Waals surface area contributed by atoms with E-state index in [9.17, 15) is 30.4 Å². The number of halogens is 6. The molecule has 166 valence electrons. The lowest BCUT2D eigenvalue weighted by atomic mass is 10.1. The van der Waals surface area contributed by atoms with E-state index in [4.69, 9.17) is 0 Å². The van der Waals surface area contributed by atoms with Crippen LogP contribution in [0.25, 0.3) is 0 Å². The van der Waals surface area contributed by atoms with Gasteiger partial charge in [0.15, 0.2) is 0 Å². The normalized spacial score (nSPS) is 15.6. The number of alkyl halides is 3. The van der Waals surface area contributed by atoms with Gasteiger partial charge >= 0.3 is 6.18 Å². The zero-order chi connectivity index (χ0) is 21.4. The van der Waals surface area contributed by atoms with Gasteiger partial charge in [0, 0.05) is 26.2 Å². The number of anilines is 2. The van der Waals surface area contributed by atoms with E-state index in [-0.39, 0.29) is 23.8 Å². The highest BCUT2D eigenvalue weighted by atomic mass is 35.5. The summed E-state index contributed by atoms with van der Waals surface area (Å²) >= 11 is 0. The Morgan fingerprint density at radius 1 is 0.967 bits per heavy atom. The van der Waals surface area contributed by atoms with Crippen LogP contribution in [0.2, 0.25) is 0 Å². The van der Waals surface area contributed by atoms with Crippen LogP contribution in [0.3, 0.4) is 0 Å². The van der Waals surface area contributed by atoms with E-state index in [1.165, 1.54) is 6.07 Å². The van der Waals surface area contributed by atoms with Crippen molar-refractivity contribution in [2.45, 2.75) is 11.1 Å². The maximum atomic E-state index is 14.0. The summed E-state index contributed by atoms with van der Waals surface area (Å²) in [5.41, 5.74) is -1.19.